The first-order chi connectivity index (χ1) is 8.15. The normalized spacial score (nSPS) is 23.9. The van der Waals surface area contributed by atoms with Crippen LogP contribution in [0.15, 0.2) is 6.20 Å². The highest BCUT2D eigenvalue weighted by atomic mass is 35.5. The number of rotatable bonds is 4. The molecule has 0 aromatic carbocycles. The van der Waals surface area contributed by atoms with Crippen molar-refractivity contribution >= 4 is 23.1 Å². The van der Waals surface area contributed by atoms with E-state index in [1.807, 2.05) is 0 Å². The number of ether oxygens (including phenoxy) is 2. The number of hydrogen-bond acceptors (Lipinski definition) is 6. The second-order valence-corrected chi connectivity index (χ2v) is 4.32. The van der Waals surface area contributed by atoms with Gasteiger partial charge in [-0.05, 0) is 11.6 Å². The summed E-state index contributed by atoms with van der Waals surface area (Å²) >= 11 is 5.71. The van der Waals surface area contributed by atoms with E-state index < -0.39 is 0 Å². The number of hydrogen-bond donors (Lipinski definition) is 2. The molecular weight excluding hydrogens is 244 g/mol. The summed E-state index contributed by atoms with van der Waals surface area (Å²) in [5, 5.41) is 3.28. The Kier molecular flexibility index (Phi) is 3.66. The summed E-state index contributed by atoms with van der Waals surface area (Å²) in [4.78, 5) is 7.81. The number of methoxy groups -OCH3 is 1. The summed E-state index contributed by atoms with van der Waals surface area (Å²) in [6.07, 6.45) is 2.32. The minimum Gasteiger partial charge on any atom is -0.394 e. The van der Waals surface area contributed by atoms with Gasteiger partial charge < -0.3 is 20.5 Å². The van der Waals surface area contributed by atoms with Crippen LogP contribution in [0.4, 0.5) is 11.5 Å². The fraction of sp³-hybridized carbons (Fsp3) is 0.600. The topological polar surface area (TPSA) is 82.3 Å². The molecule has 1 aromatic heterocycles. The van der Waals surface area contributed by atoms with Crippen molar-refractivity contribution in [2.45, 2.75) is 12.0 Å². The van der Waals surface area contributed by atoms with Crippen molar-refractivity contribution in [1.29, 1.82) is 0 Å². The first-order valence-electron chi connectivity index (χ1n) is 5.30. The van der Waals surface area contributed by atoms with Crippen LogP contribution in [0.2, 0.25) is 5.28 Å². The van der Waals surface area contributed by atoms with Crippen LogP contribution < -0.4 is 11.1 Å². The lowest BCUT2D eigenvalue weighted by molar-refractivity contribution is -0.00624. The Hall–Kier alpha value is -1.11. The molecule has 2 rings (SSSR count). The van der Waals surface area contributed by atoms with Gasteiger partial charge in [-0.1, -0.05) is 0 Å². The number of anilines is 2. The summed E-state index contributed by atoms with van der Waals surface area (Å²) in [7, 11) is 1.67. The van der Waals surface area contributed by atoms with E-state index in [0.29, 0.717) is 31.3 Å². The number of nitrogen functional groups attached to an aromatic ring is 1. The Bertz CT molecular complexity index is 396. The van der Waals surface area contributed by atoms with Gasteiger partial charge in [0.1, 0.15) is 5.60 Å². The third-order valence-electron chi connectivity index (χ3n) is 2.87. The lowest BCUT2D eigenvalue weighted by atomic mass is 10.0. The van der Waals surface area contributed by atoms with Crippen LogP contribution >= 0.6 is 11.6 Å². The van der Waals surface area contributed by atoms with E-state index in [1.54, 1.807) is 7.11 Å². The molecule has 3 N–H and O–H groups in total. The molecule has 0 spiro atoms. The van der Waals surface area contributed by atoms with Crippen molar-refractivity contribution in [2.24, 2.45) is 0 Å². The van der Waals surface area contributed by atoms with Gasteiger partial charge in [-0.15, -0.1) is 0 Å². The van der Waals surface area contributed by atoms with Gasteiger partial charge in [0.25, 0.3) is 0 Å². The van der Waals surface area contributed by atoms with Crippen LogP contribution in [0, 0.1) is 0 Å². The number of nitrogens with zero attached hydrogens (tertiary/aromatic N) is 2. The van der Waals surface area contributed by atoms with Crippen molar-refractivity contribution in [1.82, 2.24) is 9.97 Å². The van der Waals surface area contributed by atoms with Crippen molar-refractivity contribution in [3.8, 4) is 0 Å². The minimum atomic E-state index is -0.316. The molecule has 1 aliphatic rings. The summed E-state index contributed by atoms with van der Waals surface area (Å²) in [6.45, 7) is 1.84. The molecule has 1 aromatic rings. The zero-order chi connectivity index (χ0) is 12.3. The fourth-order valence-corrected chi connectivity index (χ4v) is 1.85. The van der Waals surface area contributed by atoms with E-state index in [-0.39, 0.29) is 10.9 Å². The van der Waals surface area contributed by atoms with E-state index in [1.165, 1.54) is 6.20 Å². The van der Waals surface area contributed by atoms with Crippen molar-refractivity contribution in [3.05, 3.63) is 11.5 Å². The lowest BCUT2D eigenvalue weighted by Crippen LogP contribution is -2.39. The number of nitrogens with two attached hydrogens (primary N) is 1. The van der Waals surface area contributed by atoms with Gasteiger partial charge in [0, 0.05) is 26.7 Å². The van der Waals surface area contributed by atoms with E-state index in [0.717, 1.165) is 6.42 Å². The smallest absolute Gasteiger partial charge is 0.224 e. The summed E-state index contributed by atoms with van der Waals surface area (Å²) < 4.78 is 10.8. The van der Waals surface area contributed by atoms with Gasteiger partial charge in [0.15, 0.2) is 5.82 Å². The highest BCUT2D eigenvalue weighted by molar-refractivity contribution is 6.28. The Morgan fingerprint density at radius 3 is 3.18 bits per heavy atom. The molecule has 0 aliphatic carbocycles. The van der Waals surface area contributed by atoms with Crippen LogP contribution in [0.3, 0.4) is 0 Å². The van der Waals surface area contributed by atoms with Crippen molar-refractivity contribution in [3.63, 3.8) is 0 Å². The number of nitrogens with one attached hydrogen (secondary N) is 1. The maximum Gasteiger partial charge on any atom is 0.224 e. The second kappa shape index (κ2) is 5.03. The third kappa shape index (κ3) is 2.77. The molecule has 0 saturated carbocycles. The molecule has 94 valence electrons. The molecule has 0 bridgehead atoms. The van der Waals surface area contributed by atoms with Gasteiger partial charge >= 0.3 is 0 Å². The predicted molar refractivity (Wildman–Crippen MR) is 65.1 cm³/mol. The highest BCUT2D eigenvalue weighted by Gasteiger charge is 2.34. The molecule has 1 aliphatic heterocycles. The Balaban J connectivity index is 2.03. The Labute approximate surface area is 104 Å². The molecule has 17 heavy (non-hydrogen) atoms. The maximum atomic E-state index is 5.74. The molecule has 1 saturated heterocycles. The van der Waals surface area contributed by atoms with Gasteiger partial charge in [-0.2, -0.15) is 4.98 Å². The van der Waals surface area contributed by atoms with Crippen LogP contribution in [-0.4, -0.2) is 42.4 Å². The molecule has 1 fully saturated rings. The zero-order valence-corrected chi connectivity index (χ0v) is 10.3. The number of aromatic nitrogens is 2. The van der Waals surface area contributed by atoms with Crippen LogP contribution in [-0.2, 0) is 9.47 Å². The van der Waals surface area contributed by atoms with Gasteiger partial charge in [0.2, 0.25) is 5.28 Å². The Morgan fingerprint density at radius 2 is 2.53 bits per heavy atom. The fourth-order valence-electron chi connectivity index (χ4n) is 1.72. The lowest BCUT2D eigenvalue weighted by Gasteiger charge is -2.26. The largest absolute Gasteiger partial charge is 0.394 e. The molecule has 0 amide bonds. The van der Waals surface area contributed by atoms with E-state index in [2.05, 4.69) is 15.3 Å². The molecule has 7 heteroatoms. The van der Waals surface area contributed by atoms with E-state index in [4.69, 9.17) is 26.8 Å². The van der Waals surface area contributed by atoms with E-state index in [9.17, 15) is 0 Å². The average molecular weight is 259 g/mol. The first kappa shape index (κ1) is 12.3. The average Bonchev–Trinajstić information content (AvgIpc) is 2.80. The molecule has 6 nitrogen and oxygen atoms in total. The molecule has 1 atom stereocenters. The summed E-state index contributed by atoms with van der Waals surface area (Å²) in [5.74, 6) is 0.522. The van der Waals surface area contributed by atoms with Gasteiger partial charge in [-0.25, -0.2) is 4.98 Å². The minimum absolute atomic E-state index is 0.163. The standard InChI is InChI=1S/C10H15ClN4O2/c1-16-10(2-3-17-6-10)5-14-8-7(12)4-13-9(11)15-8/h4H,2-3,5-6,12H2,1H3,(H,13,14,15). The molecular formula is C10H15ClN4O2. The molecule has 2 heterocycles. The number of halogens is 1. The summed E-state index contributed by atoms with van der Waals surface area (Å²) in [5.41, 5.74) is 5.88. The van der Waals surface area contributed by atoms with Gasteiger partial charge in [0.05, 0.1) is 18.5 Å². The first-order valence-corrected chi connectivity index (χ1v) is 5.68. The van der Waals surface area contributed by atoms with Crippen molar-refractivity contribution < 1.29 is 9.47 Å². The quantitative estimate of drug-likeness (QED) is 0.782. The molecule has 0 radical (unpaired) electrons. The third-order valence-corrected chi connectivity index (χ3v) is 3.05. The highest BCUT2D eigenvalue weighted by Crippen LogP contribution is 2.24. The monoisotopic (exact) mass is 258 g/mol. The van der Waals surface area contributed by atoms with Crippen molar-refractivity contribution in [2.75, 3.05) is 37.9 Å². The summed E-state index contributed by atoms with van der Waals surface area (Å²) in [6, 6.07) is 0. The van der Waals surface area contributed by atoms with Crippen LogP contribution in [0.1, 0.15) is 6.42 Å². The van der Waals surface area contributed by atoms with E-state index >= 15 is 0 Å². The zero-order valence-electron chi connectivity index (χ0n) is 9.57. The van der Waals surface area contributed by atoms with Gasteiger partial charge in [-0.3, -0.25) is 0 Å². The van der Waals surface area contributed by atoms with Crippen LogP contribution in [0.5, 0.6) is 0 Å². The molecule has 1 unspecified atom stereocenters. The predicted octanol–water partition coefficient (Wildman–Crippen LogP) is 0.930. The second-order valence-electron chi connectivity index (χ2n) is 3.99. The Morgan fingerprint density at radius 1 is 1.71 bits per heavy atom. The maximum absolute atomic E-state index is 5.74. The van der Waals surface area contributed by atoms with Crippen LogP contribution in [0.25, 0.3) is 0 Å². The SMILES string of the molecule is COC1(CNc2nc(Cl)ncc2N)CCOC1.